The molecule has 182 valence electrons. The first-order valence-corrected chi connectivity index (χ1v) is 12.0. The summed E-state index contributed by atoms with van der Waals surface area (Å²) in [5, 5.41) is 9.43. The van der Waals surface area contributed by atoms with Crippen molar-refractivity contribution in [2.24, 2.45) is 0 Å². The molecule has 34 heavy (non-hydrogen) atoms. The van der Waals surface area contributed by atoms with Gasteiger partial charge in [0.1, 0.15) is 5.82 Å². The quantitative estimate of drug-likeness (QED) is 0.556. The fourth-order valence-corrected chi connectivity index (χ4v) is 4.73. The highest BCUT2D eigenvalue weighted by Gasteiger charge is 2.25. The van der Waals surface area contributed by atoms with Crippen LogP contribution in [0, 0.1) is 0 Å². The number of aromatic nitrogens is 2. The zero-order chi connectivity index (χ0) is 24.1. The van der Waals surface area contributed by atoms with Gasteiger partial charge in [-0.3, -0.25) is 0 Å². The number of hydrogen-bond donors (Lipinski definition) is 3. The Morgan fingerprint density at radius 2 is 1.65 bits per heavy atom. The highest BCUT2D eigenvalue weighted by atomic mass is 16.5. The van der Waals surface area contributed by atoms with Crippen molar-refractivity contribution in [3.63, 3.8) is 0 Å². The predicted molar refractivity (Wildman–Crippen MR) is 133 cm³/mol. The van der Waals surface area contributed by atoms with E-state index in [1.807, 2.05) is 14.1 Å². The number of nitrogens with zero attached hydrogens (tertiary/aromatic N) is 3. The molecule has 1 heterocycles. The molecule has 1 saturated carbocycles. The van der Waals surface area contributed by atoms with E-state index in [-0.39, 0.29) is 12.1 Å². The fraction of sp³-hybridized carbons (Fsp3) is 0.520. The van der Waals surface area contributed by atoms with Gasteiger partial charge in [-0.15, -0.1) is 0 Å². The summed E-state index contributed by atoms with van der Waals surface area (Å²) in [6, 6.07) is 6.81. The lowest BCUT2D eigenvalue weighted by atomic mass is 9.91. The van der Waals surface area contributed by atoms with Crippen LogP contribution in [0.3, 0.4) is 0 Å². The summed E-state index contributed by atoms with van der Waals surface area (Å²) in [6.45, 7) is 0. The van der Waals surface area contributed by atoms with Crippen LogP contribution in [0.5, 0.6) is 0 Å². The van der Waals surface area contributed by atoms with Crippen LogP contribution >= 0.6 is 0 Å². The predicted octanol–water partition coefficient (Wildman–Crippen LogP) is 3.75. The highest BCUT2D eigenvalue weighted by Crippen LogP contribution is 2.29. The van der Waals surface area contributed by atoms with Crippen molar-refractivity contribution in [2.45, 2.75) is 63.5 Å². The number of fused-ring (bicyclic) bond motifs is 1. The molecular formula is C25H34N6O3. The lowest BCUT2D eigenvalue weighted by Crippen LogP contribution is -2.42. The number of nitrogens with one attached hydrogen (secondary N) is 3. The SMILES string of the molecule is COC(=O)c1ccc(NC(=O)NC2CCC(Nc3nc4c(c(N(C)C)n3)CCCC4)CC2)cc1. The molecule has 2 aliphatic rings. The molecule has 2 amide bonds. The number of carbonyl (C=O) groups excluding carboxylic acids is 2. The average molecular weight is 467 g/mol. The molecule has 0 saturated heterocycles. The molecule has 2 aliphatic carbocycles. The second kappa shape index (κ2) is 10.7. The van der Waals surface area contributed by atoms with Gasteiger partial charge in [-0.2, -0.15) is 4.98 Å². The van der Waals surface area contributed by atoms with Gasteiger partial charge in [0.05, 0.1) is 18.4 Å². The van der Waals surface area contributed by atoms with E-state index >= 15 is 0 Å². The summed E-state index contributed by atoms with van der Waals surface area (Å²) in [7, 11) is 5.42. The maximum atomic E-state index is 12.4. The molecule has 0 radical (unpaired) electrons. The van der Waals surface area contributed by atoms with Gasteiger partial charge >= 0.3 is 12.0 Å². The van der Waals surface area contributed by atoms with E-state index in [0.717, 1.165) is 44.3 Å². The van der Waals surface area contributed by atoms with E-state index in [9.17, 15) is 9.59 Å². The van der Waals surface area contributed by atoms with E-state index in [1.54, 1.807) is 24.3 Å². The van der Waals surface area contributed by atoms with Crippen molar-refractivity contribution in [3.05, 3.63) is 41.1 Å². The van der Waals surface area contributed by atoms with Crippen molar-refractivity contribution >= 4 is 29.5 Å². The third kappa shape index (κ3) is 5.76. The van der Waals surface area contributed by atoms with Gasteiger partial charge in [-0.25, -0.2) is 14.6 Å². The summed E-state index contributed by atoms with van der Waals surface area (Å²) in [5.41, 5.74) is 3.54. The minimum Gasteiger partial charge on any atom is -0.465 e. The number of methoxy groups -OCH3 is 1. The smallest absolute Gasteiger partial charge is 0.337 e. The van der Waals surface area contributed by atoms with Gasteiger partial charge < -0.3 is 25.6 Å². The van der Waals surface area contributed by atoms with Crippen molar-refractivity contribution < 1.29 is 14.3 Å². The first-order valence-electron chi connectivity index (χ1n) is 12.0. The molecule has 0 atom stereocenters. The molecule has 3 N–H and O–H groups in total. The highest BCUT2D eigenvalue weighted by molar-refractivity contribution is 5.92. The second-order valence-electron chi connectivity index (χ2n) is 9.26. The molecule has 2 aromatic rings. The Kier molecular flexibility index (Phi) is 7.49. The Morgan fingerprint density at radius 3 is 2.32 bits per heavy atom. The van der Waals surface area contributed by atoms with E-state index < -0.39 is 5.97 Å². The number of urea groups is 1. The standard InChI is InChI=1S/C25H34N6O3/c1-31(2)22-20-6-4-5-7-21(20)29-24(30-22)26-17-12-14-19(15-13-17)28-25(33)27-18-10-8-16(9-11-18)23(32)34-3/h8-11,17,19H,4-7,12-15H2,1-3H3,(H,26,29,30)(H2,27,28,33). The fourth-order valence-electron chi connectivity index (χ4n) is 4.73. The zero-order valence-electron chi connectivity index (χ0n) is 20.2. The average Bonchev–Trinajstić information content (AvgIpc) is 2.84. The summed E-state index contributed by atoms with van der Waals surface area (Å²) >= 11 is 0. The number of amides is 2. The van der Waals surface area contributed by atoms with Crippen LogP contribution < -0.4 is 20.9 Å². The molecule has 0 spiro atoms. The number of rotatable bonds is 6. The maximum Gasteiger partial charge on any atom is 0.337 e. The van der Waals surface area contributed by atoms with Crippen molar-refractivity contribution in [3.8, 4) is 0 Å². The summed E-state index contributed by atoms with van der Waals surface area (Å²) in [5.74, 6) is 1.34. The molecule has 1 fully saturated rings. The zero-order valence-corrected chi connectivity index (χ0v) is 20.2. The van der Waals surface area contributed by atoms with Gasteiger partial charge in [-0.1, -0.05) is 0 Å². The second-order valence-corrected chi connectivity index (χ2v) is 9.26. The van der Waals surface area contributed by atoms with Gasteiger partial charge in [0.25, 0.3) is 0 Å². The Bertz CT molecular complexity index is 1020. The Morgan fingerprint density at radius 1 is 0.971 bits per heavy atom. The van der Waals surface area contributed by atoms with Crippen LogP contribution in [-0.2, 0) is 17.6 Å². The molecule has 0 bridgehead atoms. The van der Waals surface area contributed by atoms with Gasteiger partial charge in [0.15, 0.2) is 0 Å². The summed E-state index contributed by atoms with van der Waals surface area (Å²) < 4.78 is 4.69. The van der Waals surface area contributed by atoms with E-state index in [2.05, 4.69) is 20.9 Å². The molecule has 4 rings (SSSR count). The Labute approximate surface area is 200 Å². The lowest BCUT2D eigenvalue weighted by molar-refractivity contribution is 0.0600. The molecule has 9 nitrogen and oxygen atoms in total. The third-order valence-corrected chi connectivity index (χ3v) is 6.54. The van der Waals surface area contributed by atoms with E-state index in [4.69, 9.17) is 14.7 Å². The number of aryl methyl sites for hydroxylation is 1. The number of carbonyl (C=O) groups is 2. The summed E-state index contributed by atoms with van der Waals surface area (Å²) in [4.78, 5) is 35.7. The lowest BCUT2D eigenvalue weighted by Gasteiger charge is -2.30. The molecule has 0 unspecified atom stereocenters. The minimum atomic E-state index is -0.403. The molecule has 9 heteroatoms. The molecular weight excluding hydrogens is 432 g/mol. The van der Waals surface area contributed by atoms with Gasteiger partial charge in [-0.05, 0) is 75.6 Å². The van der Waals surface area contributed by atoms with Crippen molar-refractivity contribution in [1.82, 2.24) is 15.3 Å². The number of anilines is 3. The summed E-state index contributed by atoms with van der Waals surface area (Å²) in [6.07, 6.45) is 8.11. The monoisotopic (exact) mass is 466 g/mol. The first-order chi connectivity index (χ1) is 16.4. The molecule has 0 aliphatic heterocycles. The van der Waals surface area contributed by atoms with E-state index in [0.29, 0.717) is 23.2 Å². The van der Waals surface area contributed by atoms with E-state index in [1.165, 1.54) is 31.2 Å². The first kappa shape index (κ1) is 23.8. The van der Waals surface area contributed by atoms with Crippen LogP contribution in [-0.4, -0.2) is 55.3 Å². The molecule has 1 aromatic heterocycles. The third-order valence-electron chi connectivity index (χ3n) is 6.54. The number of ether oxygens (including phenoxy) is 1. The molecule has 1 aromatic carbocycles. The number of benzene rings is 1. The van der Waals surface area contributed by atoms with Crippen LogP contribution in [0.1, 0.15) is 60.1 Å². The van der Waals surface area contributed by atoms with Crippen LogP contribution in [0.25, 0.3) is 0 Å². The normalized spacial score (nSPS) is 19.5. The van der Waals surface area contributed by atoms with Crippen LogP contribution in [0.2, 0.25) is 0 Å². The number of esters is 1. The van der Waals surface area contributed by atoms with Crippen molar-refractivity contribution in [2.75, 3.05) is 36.7 Å². The van der Waals surface area contributed by atoms with Gasteiger partial charge in [0.2, 0.25) is 5.95 Å². The van der Waals surface area contributed by atoms with Crippen LogP contribution in [0.4, 0.5) is 22.2 Å². The van der Waals surface area contributed by atoms with Crippen molar-refractivity contribution in [1.29, 1.82) is 0 Å². The number of hydrogen-bond acceptors (Lipinski definition) is 7. The topological polar surface area (TPSA) is 108 Å². The Balaban J connectivity index is 1.27. The van der Waals surface area contributed by atoms with Gasteiger partial charge in [0, 0.05) is 37.4 Å². The minimum absolute atomic E-state index is 0.120. The maximum absolute atomic E-state index is 12.4. The Hall–Kier alpha value is -3.36. The largest absolute Gasteiger partial charge is 0.465 e. The van der Waals surface area contributed by atoms with Crippen LogP contribution in [0.15, 0.2) is 24.3 Å².